The molecule has 1 aromatic carbocycles. The van der Waals surface area contributed by atoms with E-state index in [1.165, 1.54) is 24.3 Å². The predicted octanol–water partition coefficient (Wildman–Crippen LogP) is 2.84. The van der Waals surface area contributed by atoms with E-state index in [-0.39, 0.29) is 12.5 Å². The maximum atomic E-state index is 12.8. The Hall–Kier alpha value is -1.91. The maximum Gasteiger partial charge on any atom is 0.311 e. The van der Waals surface area contributed by atoms with Crippen molar-refractivity contribution in [3.05, 3.63) is 35.6 Å². The summed E-state index contributed by atoms with van der Waals surface area (Å²) in [6.45, 7) is 2.23. The fraction of sp³-hybridized carbons (Fsp3) is 0.500. The number of aliphatic carboxylic acids is 1. The second-order valence-corrected chi connectivity index (χ2v) is 5.96. The van der Waals surface area contributed by atoms with Gasteiger partial charge in [-0.25, -0.2) is 4.39 Å². The van der Waals surface area contributed by atoms with Crippen molar-refractivity contribution in [1.29, 1.82) is 0 Å². The summed E-state index contributed by atoms with van der Waals surface area (Å²) in [5.74, 6) is -1.09. The second kappa shape index (κ2) is 6.24. The third-order valence-corrected chi connectivity index (χ3v) is 4.38. The summed E-state index contributed by atoms with van der Waals surface area (Å²) in [7, 11) is 0. The van der Waals surface area contributed by atoms with Gasteiger partial charge < -0.3 is 10.4 Å². The molecule has 0 bridgehead atoms. The molecule has 114 valence electrons. The number of carboxylic acids is 1. The number of carboxylic acid groups (broad SMARTS) is 1. The first kappa shape index (κ1) is 15.5. The zero-order valence-electron chi connectivity index (χ0n) is 12.1. The van der Waals surface area contributed by atoms with Gasteiger partial charge in [0.2, 0.25) is 0 Å². The van der Waals surface area contributed by atoms with Crippen LogP contribution in [0.1, 0.15) is 43.0 Å². The number of nitrogens with one attached hydrogen (secondary N) is 1. The summed E-state index contributed by atoms with van der Waals surface area (Å²) < 4.78 is 12.8. The van der Waals surface area contributed by atoms with Gasteiger partial charge in [0.05, 0.1) is 5.41 Å². The molecule has 0 heterocycles. The van der Waals surface area contributed by atoms with Gasteiger partial charge in [0.15, 0.2) is 0 Å². The topological polar surface area (TPSA) is 66.4 Å². The molecule has 0 spiro atoms. The van der Waals surface area contributed by atoms with Crippen LogP contribution in [0.15, 0.2) is 24.3 Å². The number of carbonyl (C=O) groups excluding carboxylic acids is 1. The summed E-state index contributed by atoms with van der Waals surface area (Å²) in [4.78, 5) is 23.6. The molecule has 2 N–H and O–H groups in total. The Morgan fingerprint density at radius 3 is 2.38 bits per heavy atom. The largest absolute Gasteiger partial charge is 0.481 e. The first-order valence-electron chi connectivity index (χ1n) is 7.20. The Kier molecular flexibility index (Phi) is 4.60. The van der Waals surface area contributed by atoms with Crippen LogP contribution < -0.4 is 5.32 Å². The van der Waals surface area contributed by atoms with Crippen molar-refractivity contribution in [1.82, 2.24) is 5.32 Å². The van der Waals surface area contributed by atoms with Gasteiger partial charge in [0.1, 0.15) is 5.82 Å². The van der Waals surface area contributed by atoms with Crippen LogP contribution in [0, 0.1) is 17.2 Å². The van der Waals surface area contributed by atoms with E-state index < -0.39 is 17.2 Å². The molecule has 0 radical (unpaired) electrons. The van der Waals surface area contributed by atoms with Crippen molar-refractivity contribution in [2.24, 2.45) is 11.3 Å². The number of hydrogen-bond acceptors (Lipinski definition) is 2. The van der Waals surface area contributed by atoms with E-state index in [4.69, 9.17) is 0 Å². The number of hydrogen-bond donors (Lipinski definition) is 2. The molecule has 4 nitrogen and oxygen atoms in total. The number of amides is 1. The Morgan fingerprint density at radius 2 is 1.86 bits per heavy atom. The number of carbonyl (C=O) groups is 2. The van der Waals surface area contributed by atoms with E-state index in [1.807, 2.05) is 0 Å². The summed E-state index contributed by atoms with van der Waals surface area (Å²) in [6.07, 6.45) is 2.87. The number of rotatable bonds is 4. The molecule has 1 saturated carbocycles. The monoisotopic (exact) mass is 293 g/mol. The SMILES string of the molecule is CC1CCC(CNC(=O)c2ccc(F)cc2)(C(=O)O)CC1. The van der Waals surface area contributed by atoms with Gasteiger partial charge in [0, 0.05) is 12.1 Å². The van der Waals surface area contributed by atoms with Crippen LogP contribution in [-0.4, -0.2) is 23.5 Å². The van der Waals surface area contributed by atoms with Gasteiger partial charge in [-0.3, -0.25) is 9.59 Å². The molecule has 1 aromatic rings. The zero-order chi connectivity index (χ0) is 15.5. The van der Waals surface area contributed by atoms with Crippen molar-refractivity contribution in [3.63, 3.8) is 0 Å². The minimum Gasteiger partial charge on any atom is -0.481 e. The van der Waals surface area contributed by atoms with E-state index >= 15 is 0 Å². The van der Waals surface area contributed by atoms with Gasteiger partial charge in [-0.2, -0.15) is 0 Å². The maximum absolute atomic E-state index is 12.8. The fourth-order valence-corrected chi connectivity index (χ4v) is 2.73. The molecular formula is C16H20FNO3. The average molecular weight is 293 g/mol. The molecule has 21 heavy (non-hydrogen) atoms. The minimum absolute atomic E-state index is 0.116. The van der Waals surface area contributed by atoms with Crippen molar-refractivity contribution >= 4 is 11.9 Å². The summed E-state index contributed by atoms with van der Waals surface area (Å²) in [5.41, 5.74) is -0.538. The smallest absolute Gasteiger partial charge is 0.311 e. The van der Waals surface area contributed by atoms with E-state index in [2.05, 4.69) is 12.2 Å². The van der Waals surface area contributed by atoms with Crippen molar-refractivity contribution < 1.29 is 19.1 Å². The highest BCUT2D eigenvalue weighted by atomic mass is 19.1. The van der Waals surface area contributed by atoms with Crippen LogP contribution in [0.4, 0.5) is 4.39 Å². The van der Waals surface area contributed by atoms with E-state index in [0.29, 0.717) is 24.3 Å². The third kappa shape index (κ3) is 3.60. The Balaban J connectivity index is 2.00. The van der Waals surface area contributed by atoms with Gasteiger partial charge >= 0.3 is 5.97 Å². The molecule has 5 heteroatoms. The number of halogens is 1. The standard InChI is InChI=1S/C16H20FNO3/c1-11-6-8-16(9-7-11,15(20)21)10-18-14(19)12-2-4-13(17)5-3-12/h2-5,11H,6-10H2,1H3,(H,18,19)(H,20,21). The van der Waals surface area contributed by atoms with E-state index in [1.54, 1.807) is 0 Å². The lowest BCUT2D eigenvalue weighted by molar-refractivity contribution is -0.151. The molecule has 1 amide bonds. The van der Waals surface area contributed by atoms with Gasteiger partial charge in [-0.1, -0.05) is 6.92 Å². The van der Waals surface area contributed by atoms with Crippen LogP contribution in [-0.2, 0) is 4.79 Å². The van der Waals surface area contributed by atoms with Gasteiger partial charge in [-0.15, -0.1) is 0 Å². The quantitative estimate of drug-likeness (QED) is 0.897. The summed E-state index contributed by atoms with van der Waals surface area (Å²) in [6, 6.07) is 5.20. The molecule has 1 fully saturated rings. The van der Waals surface area contributed by atoms with Crippen LogP contribution >= 0.6 is 0 Å². The predicted molar refractivity (Wildman–Crippen MR) is 76.4 cm³/mol. The van der Waals surface area contributed by atoms with E-state index in [0.717, 1.165) is 12.8 Å². The highest BCUT2D eigenvalue weighted by Crippen LogP contribution is 2.38. The van der Waals surface area contributed by atoms with Crippen molar-refractivity contribution in [2.45, 2.75) is 32.6 Å². The third-order valence-electron chi connectivity index (χ3n) is 4.38. The Morgan fingerprint density at radius 1 is 1.29 bits per heavy atom. The van der Waals surface area contributed by atoms with Crippen LogP contribution in [0.3, 0.4) is 0 Å². The lowest BCUT2D eigenvalue weighted by Crippen LogP contribution is -2.45. The average Bonchev–Trinajstić information content (AvgIpc) is 2.47. The van der Waals surface area contributed by atoms with Gasteiger partial charge in [0.25, 0.3) is 5.91 Å². The minimum atomic E-state index is -0.873. The first-order valence-corrected chi connectivity index (χ1v) is 7.20. The molecule has 1 aliphatic rings. The molecule has 0 unspecified atom stereocenters. The van der Waals surface area contributed by atoms with Crippen molar-refractivity contribution in [3.8, 4) is 0 Å². The highest BCUT2D eigenvalue weighted by Gasteiger charge is 2.41. The summed E-state index contributed by atoms with van der Waals surface area (Å²) in [5, 5.41) is 12.2. The molecule has 2 rings (SSSR count). The lowest BCUT2D eigenvalue weighted by atomic mass is 9.71. The molecular weight excluding hydrogens is 273 g/mol. The molecule has 0 saturated heterocycles. The lowest BCUT2D eigenvalue weighted by Gasteiger charge is -2.35. The normalized spacial score (nSPS) is 25.3. The molecule has 1 aliphatic carbocycles. The Labute approximate surface area is 123 Å². The Bertz CT molecular complexity index is 519. The molecule has 0 atom stereocenters. The second-order valence-electron chi connectivity index (χ2n) is 5.96. The zero-order valence-corrected chi connectivity index (χ0v) is 12.1. The van der Waals surface area contributed by atoms with Crippen LogP contribution in [0.2, 0.25) is 0 Å². The first-order chi connectivity index (χ1) is 9.93. The van der Waals surface area contributed by atoms with E-state index in [9.17, 15) is 19.1 Å². The van der Waals surface area contributed by atoms with Crippen molar-refractivity contribution in [2.75, 3.05) is 6.54 Å². The fourth-order valence-electron chi connectivity index (χ4n) is 2.73. The van der Waals surface area contributed by atoms with Crippen LogP contribution in [0.25, 0.3) is 0 Å². The van der Waals surface area contributed by atoms with Gasteiger partial charge in [-0.05, 0) is 55.9 Å². The molecule has 0 aliphatic heterocycles. The van der Waals surface area contributed by atoms with Crippen LogP contribution in [0.5, 0.6) is 0 Å². The number of benzene rings is 1. The summed E-state index contributed by atoms with van der Waals surface area (Å²) >= 11 is 0. The highest BCUT2D eigenvalue weighted by molar-refractivity contribution is 5.94. The molecule has 0 aromatic heterocycles.